The number of rotatable bonds is 5. The van der Waals surface area contributed by atoms with Gasteiger partial charge in [0.15, 0.2) is 0 Å². The fourth-order valence-electron chi connectivity index (χ4n) is 2.63. The Morgan fingerprint density at radius 3 is 2.67 bits per heavy atom. The van der Waals surface area contributed by atoms with Gasteiger partial charge in [-0.3, -0.25) is 14.9 Å². The standard InChI is InChI=1S/C17H20N4O3/c1-11-10-15(24-20-11)19-17(23)12(2)18-13-5-7-14(8-6-13)21-9-3-4-16(21)22/h5-8,10,12,18H,3-4,9H2,1-2H3,(H,19,23). The summed E-state index contributed by atoms with van der Waals surface area (Å²) in [6, 6.07) is 8.71. The Balaban J connectivity index is 1.58. The summed E-state index contributed by atoms with van der Waals surface area (Å²) in [6.45, 7) is 4.31. The Morgan fingerprint density at radius 1 is 1.33 bits per heavy atom. The first-order valence-electron chi connectivity index (χ1n) is 7.94. The lowest BCUT2D eigenvalue weighted by atomic mass is 10.2. The number of carbonyl (C=O) groups is 2. The lowest BCUT2D eigenvalue weighted by molar-refractivity contribution is -0.117. The molecule has 2 aromatic rings. The first-order chi connectivity index (χ1) is 11.5. The number of nitrogens with zero attached hydrogens (tertiary/aromatic N) is 2. The van der Waals surface area contributed by atoms with Crippen molar-refractivity contribution in [1.29, 1.82) is 0 Å². The average molecular weight is 328 g/mol. The van der Waals surface area contributed by atoms with Crippen molar-refractivity contribution in [3.8, 4) is 0 Å². The van der Waals surface area contributed by atoms with Gasteiger partial charge in [0.1, 0.15) is 6.04 Å². The number of anilines is 3. The van der Waals surface area contributed by atoms with Gasteiger partial charge < -0.3 is 14.7 Å². The third-order valence-electron chi connectivity index (χ3n) is 3.90. The molecule has 126 valence electrons. The molecule has 0 radical (unpaired) electrons. The van der Waals surface area contributed by atoms with E-state index < -0.39 is 6.04 Å². The Morgan fingerprint density at radius 2 is 2.08 bits per heavy atom. The van der Waals surface area contributed by atoms with Crippen molar-refractivity contribution in [2.45, 2.75) is 32.7 Å². The highest BCUT2D eigenvalue weighted by molar-refractivity contribution is 5.96. The minimum Gasteiger partial charge on any atom is -0.374 e. The zero-order valence-electron chi connectivity index (χ0n) is 13.7. The van der Waals surface area contributed by atoms with E-state index in [4.69, 9.17) is 4.52 Å². The first kappa shape index (κ1) is 16.0. The lowest BCUT2D eigenvalue weighted by Crippen LogP contribution is -2.31. The monoisotopic (exact) mass is 328 g/mol. The van der Waals surface area contributed by atoms with Crippen molar-refractivity contribution in [1.82, 2.24) is 5.16 Å². The average Bonchev–Trinajstić information content (AvgIpc) is 3.16. The van der Waals surface area contributed by atoms with Crippen LogP contribution in [0.15, 0.2) is 34.9 Å². The number of aryl methyl sites for hydroxylation is 1. The Labute approximate surface area is 140 Å². The molecule has 1 atom stereocenters. The molecule has 1 fully saturated rings. The molecule has 0 aliphatic carbocycles. The molecule has 1 aromatic carbocycles. The Kier molecular flexibility index (Phi) is 4.50. The lowest BCUT2D eigenvalue weighted by Gasteiger charge is -2.18. The van der Waals surface area contributed by atoms with Crippen LogP contribution in [-0.2, 0) is 9.59 Å². The predicted octanol–water partition coefficient (Wildman–Crippen LogP) is 2.55. The number of hydrogen-bond acceptors (Lipinski definition) is 5. The van der Waals surface area contributed by atoms with Gasteiger partial charge in [0, 0.05) is 30.4 Å². The molecular formula is C17H20N4O3. The summed E-state index contributed by atoms with van der Waals surface area (Å²) in [5.41, 5.74) is 2.40. The van der Waals surface area contributed by atoms with E-state index in [1.807, 2.05) is 24.3 Å². The highest BCUT2D eigenvalue weighted by Crippen LogP contribution is 2.23. The van der Waals surface area contributed by atoms with Crippen LogP contribution in [0.3, 0.4) is 0 Å². The van der Waals surface area contributed by atoms with Crippen molar-refractivity contribution in [2.24, 2.45) is 0 Å². The molecule has 0 saturated carbocycles. The van der Waals surface area contributed by atoms with Crippen LogP contribution < -0.4 is 15.5 Å². The van der Waals surface area contributed by atoms with Gasteiger partial charge in [-0.2, -0.15) is 0 Å². The van der Waals surface area contributed by atoms with E-state index in [-0.39, 0.29) is 11.8 Å². The number of nitrogens with one attached hydrogen (secondary N) is 2. The molecule has 24 heavy (non-hydrogen) atoms. The summed E-state index contributed by atoms with van der Waals surface area (Å²) in [7, 11) is 0. The van der Waals surface area contributed by atoms with Crippen LogP contribution in [0, 0.1) is 6.92 Å². The van der Waals surface area contributed by atoms with Crippen molar-refractivity contribution in [3.63, 3.8) is 0 Å². The van der Waals surface area contributed by atoms with Crippen LogP contribution in [0.25, 0.3) is 0 Å². The summed E-state index contributed by atoms with van der Waals surface area (Å²) in [4.78, 5) is 25.7. The van der Waals surface area contributed by atoms with Gasteiger partial charge in [0.25, 0.3) is 0 Å². The van der Waals surface area contributed by atoms with E-state index in [1.165, 1.54) is 0 Å². The van der Waals surface area contributed by atoms with E-state index in [0.29, 0.717) is 18.0 Å². The molecule has 2 N–H and O–H groups in total. The van der Waals surface area contributed by atoms with E-state index >= 15 is 0 Å². The van der Waals surface area contributed by atoms with Gasteiger partial charge in [-0.05, 0) is 44.5 Å². The quantitative estimate of drug-likeness (QED) is 0.881. The topological polar surface area (TPSA) is 87.5 Å². The number of amides is 2. The Hall–Kier alpha value is -2.83. The summed E-state index contributed by atoms with van der Waals surface area (Å²) >= 11 is 0. The molecule has 2 heterocycles. The maximum Gasteiger partial charge on any atom is 0.248 e. The second-order valence-electron chi connectivity index (χ2n) is 5.88. The van der Waals surface area contributed by atoms with Gasteiger partial charge in [-0.1, -0.05) is 5.16 Å². The maximum absolute atomic E-state index is 12.1. The molecule has 0 spiro atoms. The molecule has 1 unspecified atom stereocenters. The van der Waals surface area contributed by atoms with Gasteiger partial charge in [0.05, 0.1) is 5.69 Å². The molecule has 0 bridgehead atoms. The smallest absolute Gasteiger partial charge is 0.248 e. The van der Waals surface area contributed by atoms with Crippen LogP contribution in [0.1, 0.15) is 25.5 Å². The van der Waals surface area contributed by atoms with Crippen LogP contribution in [0.5, 0.6) is 0 Å². The third-order valence-corrected chi connectivity index (χ3v) is 3.90. The van der Waals surface area contributed by atoms with Crippen molar-refractivity contribution < 1.29 is 14.1 Å². The van der Waals surface area contributed by atoms with Crippen molar-refractivity contribution in [2.75, 3.05) is 22.1 Å². The van der Waals surface area contributed by atoms with Crippen LogP contribution in [-0.4, -0.2) is 29.6 Å². The summed E-state index contributed by atoms with van der Waals surface area (Å²) in [5.74, 6) is 0.268. The van der Waals surface area contributed by atoms with E-state index in [2.05, 4.69) is 15.8 Å². The normalized spacial score (nSPS) is 15.4. The van der Waals surface area contributed by atoms with Crippen molar-refractivity contribution >= 4 is 29.1 Å². The zero-order valence-corrected chi connectivity index (χ0v) is 13.7. The summed E-state index contributed by atoms with van der Waals surface area (Å²) in [5, 5.41) is 9.51. The summed E-state index contributed by atoms with van der Waals surface area (Å²) in [6.07, 6.45) is 1.51. The van der Waals surface area contributed by atoms with Gasteiger partial charge >= 0.3 is 0 Å². The van der Waals surface area contributed by atoms with Gasteiger partial charge in [-0.25, -0.2) is 0 Å². The number of carbonyl (C=O) groups excluding carboxylic acids is 2. The summed E-state index contributed by atoms with van der Waals surface area (Å²) < 4.78 is 4.97. The zero-order chi connectivity index (χ0) is 17.1. The molecule has 1 aromatic heterocycles. The van der Waals surface area contributed by atoms with Crippen LogP contribution in [0.4, 0.5) is 17.3 Å². The number of benzene rings is 1. The highest BCUT2D eigenvalue weighted by Gasteiger charge is 2.21. The van der Waals surface area contributed by atoms with Crippen LogP contribution >= 0.6 is 0 Å². The predicted molar refractivity (Wildman–Crippen MR) is 91.0 cm³/mol. The second kappa shape index (κ2) is 6.74. The molecule has 7 nitrogen and oxygen atoms in total. The molecule has 7 heteroatoms. The van der Waals surface area contributed by atoms with Gasteiger partial charge in [-0.15, -0.1) is 0 Å². The molecule has 3 rings (SSSR count). The fraction of sp³-hybridized carbons (Fsp3) is 0.353. The second-order valence-corrected chi connectivity index (χ2v) is 5.88. The largest absolute Gasteiger partial charge is 0.374 e. The number of hydrogen-bond donors (Lipinski definition) is 2. The van der Waals surface area contributed by atoms with Crippen molar-refractivity contribution in [3.05, 3.63) is 36.0 Å². The SMILES string of the molecule is Cc1cc(NC(=O)C(C)Nc2ccc(N3CCCC3=O)cc2)on1. The number of aromatic nitrogens is 1. The van der Waals surface area contributed by atoms with E-state index in [1.54, 1.807) is 24.8 Å². The highest BCUT2D eigenvalue weighted by atomic mass is 16.5. The molecule has 1 saturated heterocycles. The third kappa shape index (κ3) is 3.56. The Bertz CT molecular complexity index is 739. The van der Waals surface area contributed by atoms with Gasteiger partial charge in [0.2, 0.25) is 17.7 Å². The fourth-order valence-corrected chi connectivity index (χ4v) is 2.63. The minimum atomic E-state index is -0.449. The minimum absolute atomic E-state index is 0.158. The first-order valence-corrected chi connectivity index (χ1v) is 7.94. The molecule has 2 amide bonds. The molecular weight excluding hydrogens is 308 g/mol. The molecule has 1 aliphatic heterocycles. The molecule has 1 aliphatic rings. The van der Waals surface area contributed by atoms with E-state index in [0.717, 1.165) is 24.3 Å². The van der Waals surface area contributed by atoms with E-state index in [9.17, 15) is 9.59 Å². The maximum atomic E-state index is 12.1. The van der Waals surface area contributed by atoms with Crippen LogP contribution in [0.2, 0.25) is 0 Å².